The topological polar surface area (TPSA) is 49.9 Å². The minimum atomic E-state index is -0.795. The molecule has 6 heteroatoms. The third-order valence-corrected chi connectivity index (χ3v) is 5.00. The Hall–Kier alpha value is -2.89. The number of anilines is 1. The third kappa shape index (κ3) is 3.52. The van der Waals surface area contributed by atoms with Crippen LogP contribution >= 0.6 is 0 Å². The molecule has 27 heavy (non-hydrogen) atoms. The number of ether oxygens (including phenoxy) is 1. The van der Waals surface area contributed by atoms with Crippen LogP contribution in [-0.2, 0) is 16.1 Å². The van der Waals surface area contributed by atoms with Crippen molar-refractivity contribution in [3.63, 3.8) is 0 Å². The van der Waals surface area contributed by atoms with Gasteiger partial charge in [-0.1, -0.05) is 30.3 Å². The Bertz CT molecular complexity index is 881. The highest BCUT2D eigenvalue weighted by Gasteiger charge is 2.40. The maximum Gasteiger partial charge on any atom is 0.266 e. The smallest absolute Gasteiger partial charge is 0.266 e. The zero-order valence-corrected chi connectivity index (χ0v) is 15.1. The molecule has 1 fully saturated rings. The lowest BCUT2D eigenvalue weighted by Crippen LogP contribution is -2.52. The Morgan fingerprint density at radius 1 is 1.15 bits per heavy atom. The number of para-hydroxylation sites is 2. The van der Waals surface area contributed by atoms with Crippen molar-refractivity contribution in [2.24, 2.45) is 0 Å². The zero-order valence-electron chi connectivity index (χ0n) is 15.1. The van der Waals surface area contributed by atoms with Crippen LogP contribution in [0, 0.1) is 5.82 Å². The van der Waals surface area contributed by atoms with E-state index in [9.17, 15) is 14.0 Å². The van der Waals surface area contributed by atoms with Gasteiger partial charge in [0.25, 0.3) is 5.91 Å². The molecule has 1 heterocycles. The Kier molecular flexibility index (Phi) is 4.56. The van der Waals surface area contributed by atoms with Crippen LogP contribution < -0.4 is 9.64 Å². The number of carbonyl (C=O) groups excluding carboxylic acids is 2. The second-order valence-electron chi connectivity index (χ2n) is 6.99. The third-order valence-electron chi connectivity index (χ3n) is 5.00. The monoisotopic (exact) mass is 368 g/mol. The van der Waals surface area contributed by atoms with Crippen LogP contribution in [0.1, 0.15) is 25.3 Å². The van der Waals surface area contributed by atoms with Crippen LogP contribution in [0.15, 0.2) is 48.5 Å². The number of nitrogens with zero attached hydrogens (tertiary/aromatic N) is 2. The first-order chi connectivity index (χ1) is 13.0. The van der Waals surface area contributed by atoms with Crippen LogP contribution in [0.25, 0.3) is 0 Å². The summed E-state index contributed by atoms with van der Waals surface area (Å²) in [5.74, 6) is -0.160. The van der Waals surface area contributed by atoms with Crippen molar-refractivity contribution in [3.8, 4) is 5.75 Å². The van der Waals surface area contributed by atoms with Crippen molar-refractivity contribution in [2.45, 2.75) is 38.5 Å². The summed E-state index contributed by atoms with van der Waals surface area (Å²) >= 11 is 0. The predicted octanol–water partition coefficient (Wildman–Crippen LogP) is 3.13. The highest BCUT2D eigenvalue weighted by atomic mass is 19.1. The molecule has 2 aliphatic rings. The lowest BCUT2D eigenvalue weighted by atomic mass is 10.1. The molecule has 2 amide bonds. The molecular weight excluding hydrogens is 347 g/mol. The van der Waals surface area contributed by atoms with Gasteiger partial charge in [0.2, 0.25) is 5.91 Å². The molecule has 140 valence electrons. The first-order valence-electron chi connectivity index (χ1n) is 9.12. The minimum Gasteiger partial charge on any atom is -0.476 e. The highest BCUT2D eigenvalue weighted by molar-refractivity contribution is 5.96. The van der Waals surface area contributed by atoms with Gasteiger partial charge in [-0.3, -0.25) is 9.59 Å². The van der Waals surface area contributed by atoms with Crippen molar-refractivity contribution in [1.82, 2.24) is 4.90 Å². The number of hydrogen-bond acceptors (Lipinski definition) is 3. The van der Waals surface area contributed by atoms with Gasteiger partial charge in [0.05, 0.1) is 12.2 Å². The zero-order chi connectivity index (χ0) is 19.0. The second kappa shape index (κ2) is 7.02. The van der Waals surface area contributed by atoms with Crippen LogP contribution in [0.3, 0.4) is 0 Å². The van der Waals surface area contributed by atoms with Crippen LogP contribution in [0.2, 0.25) is 0 Å². The molecule has 4 rings (SSSR count). The Morgan fingerprint density at radius 2 is 1.85 bits per heavy atom. The van der Waals surface area contributed by atoms with Gasteiger partial charge in [0.15, 0.2) is 6.10 Å². The van der Waals surface area contributed by atoms with Gasteiger partial charge >= 0.3 is 0 Å². The van der Waals surface area contributed by atoms with E-state index in [0.717, 1.165) is 12.8 Å². The van der Waals surface area contributed by atoms with E-state index in [2.05, 4.69) is 0 Å². The fourth-order valence-corrected chi connectivity index (χ4v) is 3.43. The average molecular weight is 368 g/mol. The lowest BCUT2D eigenvalue weighted by molar-refractivity contribution is -0.140. The standard InChI is InChI=1S/C21H21FN2O3/c1-14(25)23-13-20(27-19-9-5-4-8-18(19)23)21(26)24(16-10-11-16)12-15-6-2-3-7-17(15)22/h2-9,16,20H,10-13H2,1H3/t20-/m1/s1. The largest absolute Gasteiger partial charge is 0.476 e. The van der Waals surface area contributed by atoms with Gasteiger partial charge in [-0.2, -0.15) is 0 Å². The Labute approximate surface area is 157 Å². The van der Waals surface area contributed by atoms with Crippen molar-refractivity contribution < 1.29 is 18.7 Å². The summed E-state index contributed by atoms with van der Waals surface area (Å²) in [6.07, 6.45) is 1.01. The van der Waals surface area contributed by atoms with E-state index in [1.807, 2.05) is 12.1 Å². The molecule has 2 aromatic rings. The fourth-order valence-electron chi connectivity index (χ4n) is 3.43. The number of carbonyl (C=O) groups is 2. The van der Waals surface area contributed by atoms with Crippen LogP contribution in [-0.4, -0.2) is 35.4 Å². The van der Waals surface area contributed by atoms with Crippen molar-refractivity contribution in [3.05, 3.63) is 59.9 Å². The molecule has 1 atom stereocenters. The molecule has 0 aromatic heterocycles. The number of benzene rings is 2. The van der Waals surface area contributed by atoms with Gasteiger partial charge in [-0.25, -0.2) is 4.39 Å². The number of hydrogen-bond donors (Lipinski definition) is 0. The fraction of sp³-hybridized carbons (Fsp3) is 0.333. The molecule has 1 aliphatic heterocycles. The number of halogens is 1. The Morgan fingerprint density at radius 3 is 2.56 bits per heavy atom. The summed E-state index contributed by atoms with van der Waals surface area (Å²) in [7, 11) is 0. The second-order valence-corrected chi connectivity index (χ2v) is 6.99. The van der Waals surface area contributed by atoms with E-state index >= 15 is 0 Å². The summed E-state index contributed by atoms with van der Waals surface area (Å²) < 4.78 is 20.0. The molecule has 0 bridgehead atoms. The van der Waals surface area contributed by atoms with E-state index in [1.54, 1.807) is 40.1 Å². The van der Waals surface area contributed by atoms with Gasteiger partial charge in [-0.05, 0) is 31.0 Å². The molecule has 0 saturated heterocycles. The molecule has 0 N–H and O–H groups in total. The number of fused-ring (bicyclic) bond motifs is 1. The van der Waals surface area contributed by atoms with Gasteiger partial charge in [0.1, 0.15) is 11.6 Å². The first kappa shape index (κ1) is 17.5. The maximum absolute atomic E-state index is 14.1. The summed E-state index contributed by atoms with van der Waals surface area (Å²) in [5, 5.41) is 0. The molecule has 5 nitrogen and oxygen atoms in total. The number of amides is 2. The SMILES string of the molecule is CC(=O)N1C[C@H](C(=O)N(Cc2ccccc2F)C2CC2)Oc2ccccc21. The highest BCUT2D eigenvalue weighted by Crippen LogP contribution is 2.35. The summed E-state index contributed by atoms with van der Waals surface area (Å²) in [4.78, 5) is 28.5. The van der Waals surface area contributed by atoms with Crippen molar-refractivity contribution in [1.29, 1.82) is 0 Å². The van der Waals surface area contributed by atoms with E-state index < -0.39 is 6.10 Å². The van der Waals surface area contributed by atoms with E-state index in [0.29, 0.717) is 17.0 Å². The molecule has 0 spiro atoms. The van der Waals surface area contributed by atoms with Gasteiger partial charge in [0, 0.05) is 25.1 Å². The van der Waals surface area contributed by atoms with E-state index in [4.69, 9.17) is 4.74 Å². The minimum absolute atomic E-state index is 0.101. The Balaban J connectivity index is 1.59. The van der Waals surface area contributed by atoms with Gasteiger partial charge in [-0.15, -0.1) is 0 Å². The first-order valence-corrected chi connectivity index (χ1v) is 9.12. The molecule has 2 aromatic carbocycles. The van der Waals surface area contributed by atoms with E-state index in [1.165, 1.54) is 13.0 Å². The molecule has 1 saturated carbocycles. The van der Waals surface area contributed by atoms with Crippen LogP contribution in [0.5, 0.6) is 5.75 Å². The molecular formula is C21H21FN2O3. The van der Waals surface area contributed by atoms with E-state index in [-0.39, 0.29) is 36.8 Å². The number of rotatable bonds is 4. The maximum atomic E-state index is 14.1. The summed E-state index contributed by atoms with van der Waals surface area (Å²) in [6, 6.07) is 13.8. The van der Waals surface area contributed by atoms with Crippen molar-refractivity contribution >= 4 is 17.5 Å². The van der Waals surface area contributed by atoms with Gasteiger partial charge < -0.3 is 14.5 Å². The average Bonchev–Trinajstić information content (AvgIpc) is 3.51. The summed E-state index contributed by atoms with van der Waals surface area (Å²) in [5.41, 5.74) is 1.15. The normalized spacial score (nSPS) is 18.4. The molecule has 0 unspecified atom stereocenters. The van der Waals surface area contributed by atoms with Crippen molar-refractivity contribution in [2.75, 3.05) is 11.4 Å². The quantitative estimate of drug-likeness (QED) is 0.833. The molecule has 1 aliphatic carbocycles. The summed E-state index contributed by atoms with van der Waals surface area (Å²) in [6.45, 7) is 1.84. The lowest BCUT2D eigenvalue weighted by Gasteiger charge is -2.36. The predicted molar refractivity (Wildman–Crippen MR) is 98.9 cm³/mol. The molecule has 0 radical (unpaired) electrons. The van der Waals surface area contributed by atoms with Crippen LogP contribution in [0.4, 0.5) is 10.1 Å².